The van der Waals surface area contributed by atoms with E-state index in [-0.39, 0.29) is 5.75 Å². The molecule has 26 heavy (non-hydrogen) atoms. The molecule has 1 heterocycles. The van der Waals surface area contributed by atoms with Crippen LogP contribution < -0.4 is 9.62 Å². The molecule has 2 aromatic carbocycles. The molecule has 2 aromatic rings. The average Bonchev–Trinajstić information content (AvgIpc) is 2.64. The van der Waals surface area contributed by atoms with Crippen molar-refractivity contribution in [3.8, 4) is 0 Å². The second-order valence-electron chi connectivity index (χ2n) is 6.72. The van der Waals surface area contributed by atoms with E-state index in [9.17, 15) is 8.42 Å². The van der Waals surface area contributed by atoms with Gasteiger partial charge in [-0.3, -0.25) is 9.62 Å². The fourth-order valence-electron chi connectivity index (χ4n) is 3.24. The summed E-state index contributed by atoms with van der Waals surface area (Å²) in [5.41, 5.74) is 3.13. The van der Waals surface area contributed by atoms with Crippen LogP contribution in [-0.4, -0.2) is 45.2 Å². The molecular formula is C20H27N3O2S. The number of anilines is 2. The first-order chi connectivity index (χ1) is 12.6. The van der Waals surface area contributed by atoms with Crippen LogP contribution in [0.4, 0.5) is 11.4 Å². The highest BCUT2D eigenvalue weighted by Gasteiger charge is 2.17. The summed E-state index contributed by atoms with van der Waals surface area (Å²) in [7, 11) is -3.22. The quantitative estimate of drug-likeness (QED) is 0.810. The summed E-state index contributed by atoms with van der Waals surface area (Å²) < 4.78 is 26.3. The lowest BCUT2D eigenvalue weighted by Gasteiger charge is -2.36. The Bertz CT molecular complexity index is 784. The number of hydrogen-bond donors (Lipinski definition) is 1. The molecule has 3 rings (SSSR count). The Morgan fingerprint density at radius 2 is 1.58 bits per heavy atom. The van der Waals surface area contributed by atoms with Crippen molar-refractivity contribution >= 4 is 21.4 Å². The lowest BCUT2D eigenvalue weighted by Crippen LogP contribution is -2.45. The lowest BCUT2D eigenvalue weighted by atomic mass is 10.1. The molecule has 1 aliphatic rings. The van der Waals surface area contributed by atoms with Crippen LogP contribution in [0.2, 0.25) is 0 Å². The van der Waals surface area contributed by atoms with E-state index in [0.29, 0.717) is 12.1 Å². The van der Waals surface area contributed by atoms with Gasteiger partial charge < -0.3 is 4.90 Å². The van der Waals surface area contributed by atoms with Crippen LogP contribution in [0.1, 0.15) is 18.9 Å². The number of rotatable bonds is 7. The van der Waals surface area contributed by atoms with Crippen molar-refractivity contribution in [1.82, 2.24) is 4.90 Å². The molecule has 5 nitrogen and oxygen atoms in total. The first kappa shape index (κ1) is 18.7. The first-order valence-electron chi connectivity index (χ1n) is 9.17. The summed E-state index contributed by atoms with van der Waals surface area (Å²) in [4.78, 5) is 4.86. The van der Waals surface area contributed by atoms with Crippen LogP contribution in [0.15, 0.2) is 54.6 Å². The molecule has 1 N–H and O–H groups in total. The van der Waals surface area contributed by atoms with Crippen LogP contribution in [0.3, 0.4) is 0 Å². The van der Waals surface area contributed by atoms with Gasteiger partial charge in [0, 0.05) is 44.1 Å². The fraction of sp³-hybridized carbons (Fsp3) is 0.400. The molecule has 1 aliphatic heterocycles. The Morgan fingerprint density at radius 1 is 0.923 bits per heavy atom. The van der Waals surface area contributed by atoms with E-state index >= 15 is 0 Å². The summed E-state index contributed by atoms with van der Waals surface area (Å²) in [5.74, 6) is 0.153. The van der Waals surface area contributed by atoms with Gasteiger partial charge in [0.25, 0.3) is 0 Å². The van der Waals surface area contributed by atoms with Crippen LogP contribution in [-0.2, 0) is 16.6 Å². The number of para-hydroxylation sites is 1. The molecule has 0 aliphatic carbocycles. The van der Waals surface area contributed by atoms with Gasteiger partial charge in [-0.15, -0.1) is 0 Å². The van der Waals surface area contributed by atoms with Crippen molar-refractivity contribution in [1.29, 1.82) is 0 Å². The number of piperazine rings is 1. The molecule has 0 radical (unpaired) electrons. The van der Waals surface area contributed by atoms with E-state index in [2.05, 4.69) is 38.8 Å². The maximum Gasteiger partial charge on any atom is 0.232 e. The van der Waals surface area contributed by atoms with Gasteiger partial charge in [0.2, 0.25) is 10.0 Å². The van der Waals surface area contributed by atoms with Gasteiger partial charge in [-0.1, -0.05) is 37.3 Å². The summed E-state index contributed by atoms with van der Waals surface area (Å²) >= 11 is 0. The zero-order valence-corrected chi connectivity index (χ0v) is 16.1. The van der Waals surface area contributed by atoms with Gasteiger partial charge in [-0.25, -0.2) is 8.42 Å². The standard InChI is InChI=1S/C20H27N3O2S/c1-2-16-26(24,25)21-19-10-8-18(9-11-19)17-22-12-14-23(15-13-22)20-6-4-3-5-7-20/h3-11,21H,2,12-17H2,1H3. The zero-order valence-electron chi connectivity index (χ0n) is 15.3. The molecule has 0 unspecified atom stereocenters. The van der Waals surface area contributed by atoms with Gasteiger partial charge in [0.15, 0.2) is 0 Å². The lowest BCUT2D eigenvalue weighted by molar-refractivity contribution is 0.250. The van der Waals surface area contributed by atoms with Gasteiger partial charge in [0.1, 0.15) is 0 Å². The van der Waals surface area contributed by atoms with E-state index < -0.39 is 10.0 Å². The number of benzene rings is 2. The molecule has 0 atom stereocenters. The van der Waals surface area contributed by atoms with Crippen molar-refractivity contribution in [3.63, 3.8) is 0 Å². The number of nitrogens with zero attached hydrogens (tertiary/aromatic N) is 2. The van der Waals surface area contributed by atoms with E-state index in [1.807, 2.05) is 37.3 Å². The van der Waals surface area contributed by atoms with Crippen LogP contribution >= 0.6 is 0 Å². The molecule has 140 valence electrons. The summed E-state index contributed by atoms with van der Waals surface area (Å²) in [6.45, 7) is 6.86. The number of sulfonamides is 1. The van der Waals surface area contributed by atoms with Crippen molar-refractivity contribution in [3.05, 3.63) is 60.2 Å². The largest absolute Gasteiger partial charge is 0.369 e. The molecule has 0 spiro atoms. The van der Waals surface area contributed by atoms with Crippen molar-refractivity contribution in [2.75, 3.05) is 41.6 Å². The number of hydrogen-bond acceptors (Lipinski definition) is 4. The predicted molar refractivity (Wildman–Crippen MR) is 108 cm³/mol. The molecule has 0 saturated carbocycles. The molecule has 1 saturated heterocycles. The zero-order chi connectivity index (χ0) is 18.4. The Balaban J connectivity index is 1.51. The van der Waals surface area contributed by atoms with Gasteiger partial charge in [-0.2, -0.15) is 0 Å². The van der Waals surface area contributed by atoms with E-state index in [4.69, 9.17) is 0 Å². The Morgan fingerprint density at radius 3 is 2.19 bits per heavy atom. The maximum absolute atomic E-state index is 11.8. The van der Waals surface area contributed by atoms with Gasteiger partial charge >= 0.3 is 0 Å². The highest BCUT2D eigenvalue weighted by molar-refractivity contribution is 7.92. The fourth-order valence-corrected chi connectivity index (χ4v) is 4.37. The third kappa shape index (κ3) is 5.22. The summed E-state index contributed by atoms with van der Waals surface area (Å²) in [6.07, 6.45) is 0.613. The molecule has 1 fully saturated rings. The topological polar surface area (TPSA) is 52.7 Å². The number of nitrogens with one attached hydrogen (secondary N) is 1. The maximum atomic E-state index is 11.8. The van der Waals surface area contributed by atoms with Crippen molar-refractivity contribution in [2.45, 2.75) is 19.9 Å². The van der Waals surface area contributed by atoms with Crippen LogP contribution in [0.5, 0.6) is 0 Å². The third-order valence-corrected chi connectivity index (χ3v) is 6.09. The summed E-state index contributed by atoms with van der Waals surface area (Å²) in [6, 6.07) is 18.2. The molecule has 0 aromatic heterocycles. The van der Waals surface area contributed by atoms with E-state index in [1.54, 1.807) is 0 Å². The second kappa shape index (κ2) is 8.56. The van der Waals surface area contributed by atoms with Crippen molar-refractivity contribution in [2.24, 2.45) is 0 Å². The SMILES string of the molecule is CCCS(=O)(=O)Nc1ccc(CN2CCN(c3ccccc3)CC2)cc1. The highest BCUT2D eigenvalue weighted by atomic mass is 32.2. The monoisotopic (exact) mass is 373 g/mol. The predicted octanol–water partition coefficient (Wildman–Crippen LogP) is 3.16. The Labute approximate surface area is 156 Å². The first-order valence-corrected chi connectivity index (χ1v) is 10.8. The van der Waals surface area contributed by atoms with Crippen LogP contribution in [0, 0.1) is 0 Å². The minimum atomic E-state index is -3.22. The normalized spacial score (nSPS) is 15.8. The van der Waals surface area contributed by atoms with Gasteiger partial charge in [-0.05, 0) is 36.2 Å². The summed E-state index contributed by atoms with van der Waals surface area (Å²) in [5, 5.41) is 0. The molecular weight excluding hydrogens is 346 g/mol. The Hall–Kier alpha value is -2.05. The third-order valence-electron chi connectivity index (χ3n) is 4.60. The second-order valence-corrected chi connectivity index (χ2v) is 8.56. The average molecular weight is 374 g/mol. The smallest absolute Gasteiger partial charge is 0.232 e. The van der Waals surface area contributed by atoms with Gasteiger partial charge in [0.05, 0.1) is 5.75 Å². The molecule has 6 heteroatoms. The highest BCUT2D eigenvalue weighted by Crippen LogP contribution is 2.18. The van der Waals surface area contributed by atoms with E-state index in [0.717, 1.165) is 32.7 Å². The van der Waals surface area contributed by atoms with Crippen LogP contribution in [0.25, 0.3) is 0 Å². The van der Waals surface area contributed by atoms with E-state index in [1.165, 1.54) is 11.3 Å². The Kier molecular flexibility index (Phi) is 6.16. The van der Waals surface area contributed by atoms with Crippen molar-refractivity contribution < 1.29 is 8.42 Å². The minimum Gasteiger partial charge on any atom is -0.369 e. The molecule has 0 bridgehead atoms. The minimum absolute atomic E-state index is 0.153. The molecule has 0 amide bonds.